The zero-order valence-electron chi connectivity index (χ0n) is 11.2. The lowest BCUT2D eigenvalue weighted by molar-refractivity contribution is 0.100. The highest BCUT2D eigenvalue weighted by molar-refractivity contribution is 6.05. The Balaban J connectivity index is 2.79. The molecule has 0 aliphatic heterocycles. The van der Waals surface area contributed by atoms with E-state index in [1.54, 1.807) is 6.07 Å². The number of hydrogen-bond acceptors (Lipinski definition) is 2. The number of carbonyl (C=O) groups is 1. The Morgan fingerprint density at radius 3 is 2.44 bits per heavy atom. The van der Waals surface area contributed by atoms with E-state index in [1.807, 2.05) is 19.1 Å². The van der Waals surface area contributed by atoms with Crippen molar-refractivity contribution in [1.29, 1.82) is 0 Å². The fraction of sp³-hybridized carbons (Fsp3) is 0.333. The molecule has 94 valence electrons. The molecule has 0 unspecified atom stereocenters. The number of aromatic nitrogens is 1. The van der Waals surface area contributed by atoms with Crippen LogP contribution in [0.2, 0.25) is 0 Å². The van der Waals surface area contributed by atoms with Crippen LogP contribution in [0.5, 0.6) is 0 Å². The third-order valence-corrected chi connectivity index (χ3v) is 3.07. The minimum absolute atomic E-state index is 0.0357. The van der Waals surface area contributed by atoms with Gasteiger partial charge in [0.1, 0.15) is 0 Å². The van der Waals surface area contributed by atoms with Gasteiger partial charge in [-0.25, -0.2) is 0 Å². The first-order valence-electron chi connectivity index (χ1n) is 6.01. The average Bonchev–Trinajstić information content (AvgIpc) is 2.25. The highest BCUT2D eigenvalue weighted by atomic mass is 16.1. The number of nitrogens with two attached hydrogens (primary N) is 1. The van der Waals surface area contributed by atoms with Gasteiger partial charge in [-0.15, -0.1) is 0 Å². The summed E-state index contributed by atoms with van der Waals surface area (Å²) >= 11 is 0. The number of primary amides is 1. The van der Waals surface area contributed by atoms with Crippen molar-refractivity contribution in [3.05, 3.63) is 41.1 Å². The van der Waals surface area contributed by atoms with Crippen molar-refractivity contribution in [2.24, 2.45) is 5.73 Å². The van der Waals surface area contributed by atoms with Crippen molar-refractivity contribution in [1.82, 2.24) is 4.98 Å². The number of nitrogens with zero attached hydrogens (tertiary/aromatic N) is 1. The molecule has 0 spiro atoms. The lowest BCUT2D eigenvalue weighted by Gasteiger charge is -2.19. The van der Waals surface area contributed by atoms with E-state index in [1.165, 1.54) is 5.56 Å². The number of pyridine rings is 1. The van der Waals surface area contributed by atoms with Crippen LogP contribution < -0.4 is 5.73 Å². The fourth-order valence-corrected chi connectivity index (χ4v) is 2.03. The third-order valence-electron chi connectivity index (χ3n) is 3.07. The van der Waals surface area contributed by atoms with Crippen LogP contribution >= 0.6 is 0 Å². The Hall–Kier alpha value is -1.90. The van der Waals surface area contributed by atoms with E-state index < -0.39 is 5.91 Å². The summed E-state index contributed by atoms with van der Waals surface area (Å²) in [6.07, 6.45) is 0. The number of carbonyl (C=O) groups excluding carboxylic acids is 1. The zero-order valence-corrected chi connectivity index (χ0v) is 11.2. The molecule has 3 nitrogen and oxygen atoms in total. The predicted octanol–water partition coefficient (Wildman–Crippen LogP) is 2.94. The summed E-state index contributed by atoms with van der Waals surface area (Å²) in [5.41, 5.74) is 8.81. The first kappa shape index (κ1) is 12.6. The molecule has 0 aliphatic rings. The van der Waals surface area contributed by atoms with E-state index in [0.717, 1.165) is 16.6 Å². The Morgan fingerprint density at radius 1 is 1.22 bits per heavy atom. The first-order valence-corrected chi connectivity index (χ1v) is 6.01. The van der Waals surface area contributed by atoms with Crippen LogP contribution in [0, 0.1) is 6.92 Å². The van der Waals surface area contributed by atoms with Gasteiger partial charge in [0.15, 0.2) is 0 Å². The van der Waals surface area contributed by atoms with E-state index in [9.17, 15) is 4.79 Å². The summed E-state index contributed by atoms with van der Waals surface area (Å²) in [6.45, 7) is 8.28. The molecule has 18 heavy (non-hydrogen) atoms. The maximum Gasteiger partial charge on any atom is 0.249 e. The van der Waals surface area contributed by atoms with Gasteiger partial charge in [-0.1, -0.05) is 26.8 Å². The number of aryl methyl sites for hydroxylation is 1. The van der Waals surface area contributed by atoms with Crippen LogP contribution in [-0.2, 0) is 5.41 Å². The third kappa shape index (κ3) is 2.21. The first-order chi connectivity index (χ1) is 8.29. The fourth-order valence-electron chi connectivity index (χ4n) is 2.03. The summed E-state index contributed by atoms with van der Waals surface area (Å²) in [5, 5.41) is 0.834. The van der Waals surface area contributed by atoms with Crippen molar-refractivity contribution < 1.29 is 4.79 Å². The van der Waals surface area contributed by atoms with Gasteiger partial charge in [0, 0.05) is 11.1 Å². The van der Waals surface area contributed by atoms with Crippen molar-refractivity contribution in [2.45, 2.75) is 33.1 Å². The molecule has 1 amide bonds. The maximum absolute atomic E-state index is 11.5. The molecule has 0 saturated carbocycles. The summed E-state index contributed by atoms with van der Waals surface area (Å²) in [5.74, 6) is -0.406. The Labute approximate surface area is 107 Å². The molecule has 0 fully saturated rings. The molecular formula is C15H18N2O. The van der Waals surface area contributed by atoms with Crippen LogP contribution in [0.25, 0.3) is 10.9 Å². The smallest absolute Gasteiger partial charge is 0.249 e. The van der Waals surface area contributed by atoms with Gasteiger partial charge in [0.05, 0.1) is 11.1 Å². The number of fused-ring (bicyclic) bond motifs is 1. The second-order valence-electron chi connectivity index (χ2n) is 5.66. The molecule has 0 radical (unpaired) electrons. The minimum Gasteiger partial charge on any atom is -0.366 e. The number of hydrogen-bond donors (Lipinski definition) is 1. The van der Waals surface area contributed by atoms with Crippen LogP contribution in [0.1, 0.15) is 42.4 Å². The van der Waals surface area contributed by atoms with Crippen LogP contribution in [0.3, 0.4) is 0 Å². The largest absolute Gasteiger partial charge is 0.366 e. The van der Waals surface area contributed by atoms with Gasteiger partial charge >= 0.3 is 0 Å². The molecule has 1 aromatic carbocycles. The maximum atomic E-state index is 11.5. The minimum atomic E-state index is -0.406. The van der Waals surface area contributed by atoms with Crippen LogP contribution in [-0.4, -0.2) is 10.9 Å². The van der Waals surface area contributed by atoms with Gasteiger partial charge in [-0.05, 0) is 36.1 Å². The molecule has 0 saturated heterocycles. The quantitative estimate of drug-likeness (QED) is 0.835. The SMILES string of the molecule is Cc1cc(C(N)=O)c2cc(C(C)(C)C)ccc2n1. The summed E-state index contributed by atoms with van der Waals surface area (Å²) < 4.78 is 0. The van der Waals surface area contributed by atoms with Gasteiger partial charge in [-0.2, -0.15) is 0 Å². The van der Waals surface area contributed by atoms with E-state index in [2.05, 4.69) is 31.8 Å². The topological polar surface area (TPSA) is 56.0 Å². The van der Waals surface area contributed by atoms with Crippen molar-refractivity contribution in [3.63, 3.8) is 0 Å². The molecular weight excluding hydrogens is 224 g/mol. The average molecular weight is 242 g/mol. The van der Waals surface area contributed by atoms with E-state index >= 15 is 0 Å². The molecule has 0 atom stereocenters. The Bertz CT molecular complexity index is 624. The van der Waals surface area contributed by atoms with E-state index in [-0.39, 0.29) is 5.41 Å². The summed E-state index contributed by atoms with van der Waals surface area (Å²) in [7, 11) is 0. The second-order valence-corrected chi connectivity index (χ2v) is 5.66. The van der Waals surface area contributed by atoms with Crippen LogP contribution in [0.15, 0.2) is 24.3 Å². The number of rotatable bonds is 1. The van der Waals surface area contributed by atoms with Crippen LogP contribution in [0.4, 0.5) is 0 Å². The Kier molecular flexibility index (Phi) is 2.85. The molecule has 1 aromatic heterocycles. The van der Waals surface area contributed by atoms with Crippen molar-refractivity contribution in [3.8, 4) is 0 Å². The molecule has 1 heterocycles. The van der Waals surface area contributed by atoms with Gasteiger partial charge in [0.2, 0.25) is 5.91 Å². The van der Waals surface area contributed by atoms with Gasteiger partial charge < -0.3 is 5.73 Å². The number of amides is 1. The summed E-state index contributed by atoms with van der Waals surface area (Å²) in [6, 6.07) is 7.77. The highest BCUT2D eigenvalue weighted by Gasteiger charge is 2.16. The summed E-state index contributed by atoms with van der Waals surface area (Å²) in [4.78, 5) is 16.0. The van der Waals surface area contributed by atoms with Crippen molar-refractivity contribution >= 4 is 16.8 Å². The van der Waals surface area contributed by atoms with Crippen molar-refractivity contribution in [2.75, 3.05) is 0 Å². The molecule has 2 rings (SSSR count). The molecule has 0 bridgehead atoms. The Morgan fingerprint density at radius 2 is 1.89 bits per heavy atom. The van der Waals surface area contributed by atoms with Gasteiger partial charge in [-0.3, -0.25) is 9.78 Å². The lowest BCUT2D eigenvalue weighted by Crippen LogP contribution is -2.14. The second kappa shape index (κ2) is 4.09. The van der Waals surface area contributed by atoms with Gasteiger partial charge in [0.25, 0.3) is 0 Å². The monoisotopic (exact) mass is 242 g/mol. The normalized spacial score (nSPS) is 11.8. The van der Waals surface area contributed by atoms with E-state index in [4.69, 9.17) is 5.73 Å². The predicted molar refractivity (Wildman–Crippen MR) is 73.7 cm³/mol. The zero-order chi connectivity index (χ0) is 13.5. The lowest BCUT2D eigenvalue weighted by atomic mass is 9.86. The standard InChI is InChI=1S/C15H18N2O/c1-9-7-12(14(16)18)11-8-10(15(2,3)4)5-6-13(11)17-9/h5-8H,1-4H3,(H2,16,18). The number of benzene rings is 1. The molecule has 2 N–H and O–H groups in total. The molecule has 3 heteroatoms. The molecule has 0 aliphatic carbocycles. The van der Waals surface area contributed by atoms with E-state index in [0.29, 0.717) is 5.56 Å². The highest BCUT2D eigenvalue weighted by Crippen LogP contribution is 2.27. The molecule has 2 aromatic rings.